The summed E-state index contributed by atoms with van der Waals surface area (Å²) < 4.78 is 0. The Labute approximate surface area is 219 Å². The summed E-state index contributed by atoms with van der Waals surface area (Å²) >= 11 is 0. The Kier molecular flexibility index (Phi) is 20.1. The van der Waals surface area contributed by atoms with E-state index in [9.17, 15) is 10.2 Å². The minimum Gasteiger partial charge on any atom is -0.504 e. The Morgan fingerprint density at radius 2 is 0.771 bits per heavy atom. The van der Waals surface area contributed by atoms with Crippen molar-refractivity contribution >= 4 is 0 Å². The number of hydrogen-bond donors (Lipinski definition) is 2. The summed E-state index contributed by atoms with van der Waals surface area (Å²) in [6.45, 7) is 6.81. The van der Waals surface area contributed by atoms with Crippen molar-refractivity contribution in [2.24, 2.45) is 0 Å². The van der Waals surface area contributed by atoms with Crippen molar-refractivity contribution in [2.45, 2.75) is 175 Å². The first-order valence-electron chi connectivity index (χ1n) is 15.7. The van der Waals surface area contributed by atoms with Crippen LogP contribution in [0.2, 0.25) is 0 Å². The predicted octanol–water partition coefficient (Wildman–Crippen LogP) is 11.0. The number of unbranched alkanes of at least 4 members (excludes halogenated alkanes) is 18. The van der Waals surface area contributed by atoms with Gasteiger partial charge in [0, 0.05) is 5.56 Å². The lowest BCUT2D eigenvalue weighted by atomic mass is 9.89. The van der Waals surface area contributed by atoms with Crippen LogP contribution in [0.3, 0.4) is 0 Å². The zero-order valence-corrected chi connectivity index (χ0v) is 23.9. The fourth-order valence-electron chi connectivity index (χ4n) is 5.41. The van der Waals surface area contributed by atoms with Crippen molar-refractivity contribution in [1.29, 1.82) is 0 Å². The molecule has 2 heteroatoms. The van der Waals surface area contributed by atoms with E-state index in [0.29, 0.717) is 0 Å². The third-order valence-electron chi connectivity index (χ3n) is 7.70. The van der Waals surface area contributed by atoms with E-state index in [-0.39, 0.29) is 11.5 Å². The van der Waals surface area contributed by atoms with Crippen molar-refractivity contribution in [3.05, 3.63) is 22.8 Å². The van der Waals surface area contributed by atoms with Gasteiger partial charge in [0.05, 0.1) is 0 Å². The molecule has 0 aliphatic rings. The van der Waals surface area contributed by atoms with Crippen LogP contribution in [-0.4, -0.2) is 10.2 Å². The van der Waals surface area contributed by atoms with Crippen molar-refractivity contribution < 1.29 is 10.2 Å². The van der Waals surface area contributed by atoms with E-state index < -0.39 is 0 Å². The fourth-order valence-corrected chi connectivity index (χ4v) is 5.41. The monoisotopic (exact) mass is 488 g/mol. The molecule has 0 heterocycles. The molecular weight excluding hydrogens is 428 g/mol. The van der Waals surface area contributed by atoms with Gasteiger partial charge in [0.1, 0.15) is 0 Å². The molecule has 0 bridgehead atoms. The van der Waals surface area contributed by atoms with E-state index >= 15 is 0 Å². The highest BCUT2D eigenvalue weighted by atomic mass is 16.3. The molecular formula is C33H60O2. The average molecular weight is 489 g/mol. The Hall–Kier alpha value is -1.18. The molecule has 204 valence electrons. The van der Waals surface area contributed by atoms with Crippen molar-refractivity contribution in [1.82, 2.24) is 0 Å². The summed E-state index contributed by atoms with van der Waals surface area (Å²) in [5.74, 6) is 0.265. The van der Waals surface area contributed by atoms with Gasteiger partial charge in [-0.2, -0.15) is 0 Å². The van der Waals surface area contributed by atoms with Gasteiger partial charge in [0.25, 0.3) is 0 Å². The molecule has 1 rings (SSSR count). The van der Waals surface area contributed by atoms with E-state index in [4.69, 9.17) is 0 Å². The average Bonchev–Trinajstić information content (AvgIpc) is 2.86. The zero-order chi connectivity index (χ0) is 25.6. The molecule has 0 saturated carbocycles. The number of phenolic OH excluding ortho intramolecular Hbond substituents is 2. The van der Waals surface area contributed by atoms with Crippen LogP contribution in [0.5, 0.6) is 11.5 Å². The van der Waals surface area contributed by atoms with Crippen LogP contribution in [-0.2, 0) is 19.3 Å². The van der Waals surface area contributed by atoms with Gasteiger partial charge in [0.2, 0.25) is 0 Å². The standard InChI is InChI=1S/C33H60O2/c1-4-7-10-13-16-19-22-25-29-28-32(34)33(35)31(27-24-21-18-15-12-9-6-3)30(29)26-23-20-17-14-11-8-5-2/h28,34-35H,4-27H2,1-3H3. The normalized spacial score (nSPS) is 11.4. The molecule has 0 amide bonds. The molecule has 0 saturated heterocycles. The molecule has 2 nitrogen and oxygen atoms in total. The van der Waals surface area contributed by atoms with Gasteiger partial charge in [-0.05, 0) is 55.7 Å². The first-order chi connectivity index (χ1) is 17.2. The van der Waals surface area contributed by atoms with Gasteiger partial charge in [-0.1, -0.05) is 136 Å². The summed E-state index contributed by atoms with van der Waals surface area (Å²) in [5, 5.41) is 21.4. The third kappa shape index (κ3) is 14.8. The number of aryl methyl sites for hydroxylation is 1. The third-order valence-corrected chi connectivity index (χ3v) is 7.70. The topological polar surface area (TPSA) is 40.5 Å². The first-order valence-corrected chi connectivity index (χ1v) is 15.7. The minimum atomic E-state index is 0.101. The molecule has 0 radical (unpaired) electrons. The smallest absolute Gasteiger partial charge is 0.160 e. The van der Waals surface area contributed by atoms with Gasteiger partial charge in [-0.15, -0.1) is 0 Å². The molecule has 1 aromatic rings. The van der Waals surface area contributed by atoms with Crippen LogP contribution in [0.15, 0.2) is 6.07 Å². The quantitative estimate of drug-likeness (QED) is 0.112. The van der Waals surface area contributed by atoms with E-state index in [0.717, 1.165) is 31.2 Å². The summed E-state index contributed by atoms with van der Waals surface area (Å²) in [4.78, 5) is 0. The fraction of sp³-hybridized carbons (Fsp3) is 0.818. The number of rotatable bonds is 24. The molecule has 1 aromatic carbocycles. The van der Waals surface area contributed by atoms with Crippen LogP contribution >= 0.6 is 0 Å². The number of hydrogen-bond acceptors (Lipinski definition) is 2. The van der Waals surface area contributed by atoms with Crippen LogP contribution in [0.25, 0.3) is 0 Å². The summed E-state index contributed by atoms with van der Waals surface area (Å²) in [6.07, 6.45) is 30.3. The second-order valence-electron chi connectivity index (χ2n) is 11.0. The number of aromatic hydroxyl groups is 2. The summed E-state index contributed by atoms with van der Waals surface area (Å²) in [7, 11) is 0. The van der Waals surface area contributed by atoms with Crippen LogP contribution < -0.4 is 0 Å². The predicted molar refractivity (Wildman–Crippen MR) is 155 cm³/mol. The second kappa shape index (κ2) is 22.1. The highest BCUT2D eigenvalue weighted by Gasteiger charge is 2.17. The van der Waals surface area contributed by atoms with E-state index in [1.807, 2.05) is 6.07 Å². The van der Waals surface area contributed by atoms with Gasteiger partial charge >= 0.3 is 0 Å². The molecule has 0 aliphatic carbocycles. The molecule has 0 atom stereocenters. The minimum absolute atomic E-state index is 0.101. The molecule has 0 fully saturated rings. The van der Waals surface area contributed by atoms with Crippen molar-refractivity contribution in [3.8, 4) is 11.5 Å². The highest BCUT2D eigenvalue weighted by molar-refractivity contribution is 5.53. The zero-order valence-electron chi connectivity index (χ0n) is 23.9. The molecule has 2 N–H and O–H groups in total. The maximum Gasteiger partial charge on any atom is 0.160 e. The number of phenols is 2. The first kappa shape index (κ1) is 31.8. The highest BCUT2D eigenvalue weighted by Crippen LogP contribution is 2.37. The molecule has 0 aliphatic heterocycles. The lowest BCUT2D eigenvalue weighted by Crippen LogP contribution is -2.03. The maximum atomic E-state index is 10.8. The van der Waals surface area contributed by atoms with Gasteiger partial charge in [-0.25, -0.2) is 0 Å². The molecule has 0 unspecified atom stereocenters. The Balaban J connectivity index is 2.72. The van der Waals surface area contributed by atoms with Gasteiger partial charge in [-0.3, -0.25) is 0 Å². The van der Waals surface area contributed by atoms with Gasteiger partial charge < -0.3 is 10.2 Å². The largest absolute Gasteiger partial charge is 0.504 e. The van der Waals surface area contributed by atoms with Crippen molar-refractivity contribution in [3.63, 3.8) is 0 Å². The molecule has 35 heavy (non-hydrogen) atoms. The Morgan fingerprint density at radius 3 is 1.20 bits per heavy atom. The SMILES string of the molecule is CCCCCCCCCc1cc(O)c(O)c(CCCCCCCCC)c1CCCCCCCCC. The van der Waals surface area contributed by atoms with E-state index in [1.165, 1.54) is 140 Å². The van der Waals surface area contributed by atoms with E-state index in [1.54, 1.807) is 0 Å². The summed E-state index contributed by atoms with van der Waals surface area (Å²) in [5.41, 5.74) is 3.73. The second-order valence-corrected chi connectivity index (χ2v) is 11.0. The Morgan fingerprint density at radius 1 is 0.429 bits per heavy atom. The molecule has 0 aromatic heterocycles. The number of benzene rings is 1. The molecule has 0 spiro atoms. The Bertz CT molecular complexity index is 622. The van der Waals surface area contributed by atoms with Gasteiger partial charge in [0.15, 0.2) is 11.5 Å². The van der Waals surface area contributed by atoms with Crippen LogP contribution in [0.4, 0.5) is 0 Å². The van der Waals surface area contributed by atoms with Crippen LogP contribution in [0, 0.1) is 0 Å². The maximum absolute atomic E-state index is 10.8. The lowest BCUT2D eigenvalue weighted by Gasteiger charge is -2.18. The lowest BCUT2D eigenvalue weighted by molar-refractivity contribution is 0.396. The van der Waals surface area contributed by atoms with Crippen molar-refractivity contribution in [2.75, 3.05) is 0 Å². The summed E-state index contributed by atoms with van der Waals surface area (Å²) in [6, 6.07) is 1.89. The van der Waals surface area contributed by atoms with E-state index in [2.05, 4.69) is 20.8 Å². The van der Waals surface area contributed by atoms with Crippen LogP contribution in [0.1, 0.15) is 172 Å².